The van der Waals surface area contributed by atoms with Crippen LogP contribution in [0.15, 0.2) is 24.3 Å². The molecule has 8 heteroatoms. The summed E-state index contributed by atoms with van der Waals surface area (Å²) < 4.78 is 42.2. The molecule has 1 atom stereocenters. The molecule has 1 fully saturated rings. The van der Waals surface area contributed by atoms with Crippen LogP contribution in [-0.4, -0.2) is 84.1 Å². The maximum Gasteiger partial charge on any atom is 0.216 e. The molecule has 2 rings (SSSR count). The van der Waals surface area contributed by atoms with Crippen LogP contribution >= 0.6 is 0 Å². The molecule has 7 nitrogen and oxygen atoms in total. The third-order valence-electron chi connectivity index (χ3n) is 4.40. The molecule has 0 spiro atoms. The summed E-state index contributed by atoms with van der Waals surface area (Å²) in [5.41, 5.74) is 1.05. The number of nitrogens with zero attached hydrogens (tertiary/aromatic N) is 2. The molecule has 1 aliphatic heterocycles. The van der Waals surface area contributed by atoms with Crippen LogP contribution in [0.1, 0.15) is 11.6 Å². The van der Waals surface area contributed by atoms with Crippen LogP contribution in [0.25, 0.3) is 0 Å². The summed E-state index contributed by atoms with van der Waals surface area (Å²) in [4.78, 5) is 2.18. The van der Waals surface area contributed by atoms with Crippen molar-refractivity contribution in [3.63, 3.8) is 0 Å². The first-order valence-corrected chi connectivity index (χ1v) is 9.97. The van der Waals surface area contributed by atoms with E-state index in [-0.39, 0.29) is 18.4 Å². The molecule has 1 aliphatic rings. The molecule has 0 saturated carbocycles. The predicted molar refractivity (Wildman–Crippen MR) is 96.4 cm³/mol. The van der Waals surface area contributed by atoms with E-state index in [1.807, 2.05) is 31.3 Å². The highest BCUT2D eigenvalue weighted by atomic mass is 32.2. The number of ether oxygens (including phenoxy) is 3. The van der Waals surface area contributed by atoms with Gasteiger partial charge >= 0.3 is 0 Å². The smallest absolute Gasteiger partial charge is 0.216 e. The number of sulfonamides is 1. The zero-order chi connectivity index (χ0) is 18.3. The largest absolute Gasteiger partial charge is 0.497 e. The number of methoxy groups -OCH3 is 2. The second-order valence-corrected chi connectivity index (χ2v) is 8.14. The van der Waals surface area contributed by atoms with Crippen LogP contribution in [0.4, 0.5) is 0 Å². The summed E-state index contributed by atoms with van der Waals surface area (Å²) in [6, 6.07) is 7.80. The normalized spacial score (nSPS) is 19.9. The van der Waals surface area contributed by atoms with Crippen LogP contribution in [0.2, 0.25) is 0 Å². The van der Waals surface area contributed by atoms with Gasteiger partial charge < -0.3 is 14.2 Å². The van der Waals surface area contributed by atoms with Crippen molar-refractivity contribution < 1.29 is 22.6 Å². The second-order valence-electron chi connectivity index (χ2n) is 6.05. The number of rotatable bonds is 9. The monoisotopic (exact) mass is 372 g/mol. The van der Waals surface area contributed by atoms with E-state index in [4.69, 9.17) is 14.2 Å². The lowest BCUT2D eigenvalue weighted by Crippen LogP contribution is -2.49. The molecule has 1 saturated heterocycles. The Morgan fingerprint density at radius 1 is 1.16 bits per heavy atom. The van der Waals surface area contributed by atoms with Crippen LogP contribution < -0.4 is 4.74 Å². The van der Waals surface area contributed by atoms with Gasteiger partial charge in [0.05, 0.1) is 32.7 Å². The van der Waals surface area contributed by atoms with Crippen LogP contribution in [0.5, 0.6) is 5.75 Å². The fourth-order valence-electron chi connectivity index (χ4n) is 2.85. The van der Waals surface area contributed by atoms with E-state index in [1.165, 1.54) is 0 Å². The van der Waals surface area contributed by atoms with E-state index < -0.39 is 10.0 Å². The Hall–Kier alpha value is -1.19. The SMILES string of the molecule is COCCOCCS(=O)(=O)N1CCN(C)C(c2cccc(OC)c2)C1. The Balaban J connectivity index is 2.00. The molecule has 142 valence electrons. The molecule has 0 aliphatic carbocycles. The van der Waals surface area contributed by atoms with Gasteiger partial charge in [-0.25, -0.2) is 8.42 Å². The molecule has 0 aromatic heterocycles. The summed E-state index contributed by atoms with van der Waals surface area (Å²) in [6.45, 7) is 2.67. The molecule has 25 heavy (non-hydrogen) atoms. The number of likely N-dealkylation sites (N-methyl/N-ethyl adjacent to an activating group) is 1. The first-order chi connectivity index (χ1) is 12.0. The van der Waals surface area contributed by atoms with Crippen molar-refractivity contribution in [1.29, 1.82) is 0 Å². The minimum Gasteiger partial charge on any atom is -0.497 e. The fourth-order valence-corrected chi connectivity index (χ4v) is 4.16. The Bertz CT molecular complexity index is 638. The Kier molecular flexibility index (Phi) is 7.64. The molecule has 1 aromatic carbocycles. The number of piperazine rings is 1. The van der Waals surface area contributed by atoms with Gasteiger partial charge in [0.2, 0.25) is 10.0 Å². The van der Waals surface area contributed by atoms with E-state index in [9.17, 15) is 8.42 Å². The van der Waals surface area contributed by atoms with Crippen molar-refractivity contribution in [1.82, 2.24) is 9.21 Å². The zero-order valence-electron chi connectivity index (χ0n) is 15.2. The summed E-state index contributed by atoms with van der Waals surface area (Å²) in [5.74, 6) is 0.767. The lowest BCUT2D eigenvalue weighted by atomic mass is 10.0. The molecule has 0 bridgehead atoms. The molecule has 1 unspecified atom stereocenters. The van der Waals surface area contributed by atoms with E-state index in [2.05, 4.69) is 4.90 Å². The predicted octanol–water partition coefficient (Wildman–Crippen LogP) is 0.977. The van der Waals surface area contributed by atoms with Gasteiger partial charge in [0, 0.05) is 32.8 Å². The number of benzene rings is 1. The van der Waals surface area contributed by atoms with E-state index in [0.717, 1.165) is 11.3 Å². The summed E-state index contributed by atoms with van der Waals surface area (Å²) >= 11 is 0. The highest BCUT2D eigenvalue weighted by Crippen LogP contribution is 2.27. The molecule has 0 N–H and O–H groups in total. The van der Waals surface area contributed by atoms with Crippen LogP contribution in [0, 0.1) is 0 Å². The van der Waals surface area contributed by atoms with Crippen molar-refractivity contribution in [2.45, 2.75) is 6.04 Å². The Morgan fingerprint density at radius 3 is 2.68 bits per heavy atom. The lowest BCUT2D eigenvalue weighted by Gasteiger charge is -2.39. The molecular formula is C17H28N2O5S. The third kappa shape index (κ3) is 5.65. The van der Waals surface area contributed by atoms with Crippen molar-refractivity contribution >= 4 is 10.0 Å². The zero-order valence-corrected chi connectivity index (χ0v) is 16.0. The summed E-state index contributed by atoms with van der Waals surface area (Å²) in [5, 5.41) is 0. The Morgan fingerprint density at radius 2 is 1.96 bits per heavy atom. The molecule has 1 heterocycles. The maximum atomic E-state index is 12.6. The van der Waals surface area contributed by atoms with Crippen LogP contribution in [-0.2, 0) is 19.5 Å². The average Bonchev–Trinajstić information content (AvgIpc) is 2.61. The maximum absolute atomic E-state index is 12.6. The quantitative estimate of drug-likeness (QED) is 0.602. The van der Waals surface area contributed by atoms with E-state index in [1.54, 1.807) is 18.5 Å². The van der Waals surface area contributed by atoms with Gasteiger partial charge in [-0.15, -0.1) is 0 Å². The fraction of sp³-hybridized carbons (Fsp3) is 0.647. The topological polar surface area (TPSA) is 68.3 Å². The van der Waals surface area contributed by atoms with Gasteiger partial charge in [-0.3, -0.25) is 4.90 Å². The van der Waals surface area contributed by atoms with Gasteiger partial charge in [-0.2, -0.15) is 4.31 Å². The average molecular weight is 372 g/mol. The van der Waals surface area contributed by atoms with Crippen molar-refractivity contribution in [2.24, 2.45) is 0 Å². The van der Waals surface area contributed by atoms with Gasteiger partial charge in [-0.1, -0.05) is 12.1 Å². The highest BCUT2D eigenvalue weighted by molar-refractivity contribution is 7.89. The van der Waals surface area contributed by atoms with E-state index in [0.29, 0.717) is 32.8 Å². The van der Waals surface area contributed by atoms with Gasteiger partial charge in [0.1, 0.15) is 5.75 Å². The van der Waals surface area contributed by atoms with E-state index >= 15 is 0 Å². The molecular weight excluding hydrogens is 344 g/mol. The first kappa shape index (κ1) is 20.1. The Labute approximate surface area is 150 Å². The third-order valence-corrected chi connectivity index (χ3v) is 6.20. The minimum atomic E-state index is -3.34. The molecule has 0 amide bonds. The summed E-state index contributed by atoms with van der Waals surface area (Å²) in [6.07, 6.45) is 0. The molecule has 1 aromatic rings. The highest BCUT2D eigenvalue weighted by Gasteiger charge is 2.32. The standard InChI is InChI=1S/C17H28N2O5S/c1-18-7-8-19(25(20,21)12-11-24-10-9-22-2)14-17(18)15-5-4-6-16(13-15)23-3/h4-6,13,17H,7-12,14H2,1-3H3. The van der Waals surface area contributed by atoms with Crippen LogP contribution in [0.3, 0.4) is 0 Å². The van der Waals surface area contributed by atoms with Crippen molar-refractivity contribution in [2.75, 3.05) is 66.5 Å². The second kappa shape index (κ2) is 9.49. The summed E-state index contributed by atoms with van der Waals surface area (Å²) in [7, 11) is 1.89. The van der Waals surface area contributed by atoms with Gasteiger partial charge in [0.25, 0.3) is 0 Å². The number of hydrogen-bond donors (Lipinski definition) is 0. The first-order valence-electron chi connectivity index (χ1n) is 8.36. The van der Waals surface area contributed by atoms with Crippen molar-refractivity contribution in [3.8, 4) is 5.75 Å². The lowest BCUT2D eigenvalue weighted by molar-refractivity contribution is 0.0777. The minimum absolute atomic E-state index is 0.00744. The van der Waals surface area contributed by atoms with Gasteiger partial charge in [-0.05, 0) is 24.7 Å². The molecule has 0 radical (unpaired) electrons. The van der Waals surface area contributed by atoms with Crippen molar-refractivity contribution in [3.05, 3.63) is 29.8 Å². The van der Waals surface area contributed by atoms with Gasteiger partial charge in [0.15, 0.2) is 0 Å². The number of hydrogen-bond acceptors (Lipinski definition) is 6.